The van der Waals surface area contributed by atoms with Gasteiger partial charge in [0.1, 0.15) is 0 Å². The van der Waals surface area contributed by atoms with E-state index in [4.69, 9.17) is 0 Å². The first-order valence-electron chi connectivity index (χ1n) is 5.35. The summed E-state index contributed by atoms with van der Waals surface area (Å²) >= 11 is 3.35. The van der Waals surface area contributed by atoms with Crippen LogP contribution in [0.4, 0.5) is 5.69 Å². The predicted molar refractivity (Wildman–Crippen MR) is 70.8 cm³/mol. The number of amides is 2. The maximum absolute atomic E-state index is 11.5. The molecule has 1 aromatic rings. The van der Waals surface area contributed by atoms with Gasteiger partial charge in [0.2, 0.25) is 11.8 Å². The molecular formula is C12H15BrN2O2. The molecular weight excluding hydrogens is 284 g/mol. The van der Waals surface area contributed by atoms with Crippen molar-refractivity contribution in [3.8, 4) is 0 Å². The van der Waals surface area contributed by atoms with Crippen molar-refractivity contribution in [2.75, 3.05) is 11.9 Å². The minimum atomic E-state index is -0.225. The van der Waals surface area contributed by atoms with Crippen molar-refractivity contribution in [3.05, 3.63) is 28.2 Å². The molecule has 1 rings (SSSR count). The molecule has 4 nitrogen and oxygen atoms in total. The van der Waals surface area contributed by atoms with Crippen molar-refractivity contribution in [1.29, 1.82) is 0 Å². The number of halogens is 1. The van der Waals surface area contributed by atoms with Crippen molar-refractivity contribution in [2.24, 2.45) is 0 Å². The average Bonchev–Trinajstić information content (AvgIpc) is 2.29. The molecule has 0 aliphatic carbocycles. The van der Waals surface area contributed by atoms with Crippen LogP contribution in [-0.2, 0) is 9.59 Å². The summed E-state index contributed by atoms with van der Waals surface area (Å²) in [6.45, 7) is 3.65. The van der Waals surface area contributed by atoms with Gasteiger partial charge < -0.3 is 10.6 Å². The van der Waals surface area contributed by atoms with E-state index in [1.54, 1.807) is 6.92 Å². The molecule has 2 N–H and O–H groups in total. The summed E-state index contributed by atoms with van der Waals surface area (Å²) in [6, 6.07) is 5.59. The zero-order valence-electron chi connectivity index (χ0n) is 9.84. The lowest BCUT2D eigenvalue weighted by molar-refractivity contribution is -0.123. The molecule has 2 amide bonds. The Morgan fingerprint density at radius 1 is 1.29 bits per heavy atom. The molecule has 5 heteroatoms. The second-order valence-corrected chi connectivity index (χ2v) is 4.55. The van der Waals surface area contributed by atoms with E-state index >= 15 is 0 Å². The molecule has 0 saturated carbocycles. The van der Waals surface area contributed by atoms with Gasteiger partial charge in [-0.05, 0) is 30.7 Å². The molecule has 0 spiro atoms. The highest BCUT2D eigenvalue weighted by Gasteiger charge is 2.06. The minimum Gasteiger partial charge on any atom is -0.347 e. The molecule has 0 unspecified atom stereocenters. The molecule has 0 aromatic heterocycles. The fraction of sp³-hybridized carbons (Fsp3) is 0.333. The highest BCUT2D eigenvalue weighted by atomic mass is 79.9. The average molecular weight is 299 g/mol. The Bertz CT molecular complexity index is 433. The van der Waals surface area contributed by atoms with E-state index in [9.17, 15) is 9.59 Å². The van der Waals surface area contributed by atoms with Crippen LogP contribution >= 0.6 is 15.9 Å². The van der Waals surface area contributed by atoms with Crippen LogP contribution in [0.3, 0.4) is 0 Å². The van der Waals surface area contributed by atoms with Gasteiger partial charge in [0.25, 0.3) is 0 Å². The number of benzene rings is 1. The lowest BCUT2D eigenvalue weighted by Gasteiger charge is -2.09. The Hall–Kier alpha value is -1.36. The molecule has 0 atom stereocenters. The van der Waals surface area contributed by atoms with E-state index < -0.39 is 0 Å². The number of carbonyl (C=O) groups is 2. The van der Waals surface area contributed by atoms with E-state index in [0.717, 1.165) is 15.7 Å². The lowest BCUT2D eigenvalue weighted by atomic mass is 10.2. The van der Waals surface area contributed by atoms with Crippen LogP contribution in [0.1, 0.15) is 18.9 Å². The van der Waals surface area contributed by atoms with Gasteiger partial charge in [-0.1, -0.05) is 22.9 Å². The zero-order chi connectivity index (χ0) is 12.8. The van der Waals surface area contributed by atoms with E-state index in [1.807, 2.05) is 25.1 Å². The number of hydrogen-bond acceptors (Lipinski definition) is 2. The quantitative estimate of drug-likeness (QED) is 0.895. The number of hydrogen-bond donors (Lipinski definition) is 2. The molecule has 0 aliphatic rings. The monoisotopic (exact) mass is 298 g/mol. The largest absolute Gasteiger partial charge is 0.347 e. The first kappa shape index (κ1) is 13.7. The maximum Gasteiger partial charge on any atom is 0.243 e. The van der Waals surface area contributed by atoms with Crippen LogP contribution in [-0.4, -0.2) is 18.4 Å². The van der Waals surface area contributed by atoms with Crippen LogP contribution in [0.2, 0.25) is 0 Å². The van der Waals surface area contributed by atoms with Gasteiger partial charge >= 0.3 is 0 Å². The third-order valence-corrected chi connectivity index (χ3v) is 2.72. The van der Waals surface area contributed by atoms with Gasteiger partial charge in [-0.2, -0.15) is 0 Å². The Balaban J connectivity index is 2.53. The SMILES string of the molecule is CCC(=O)NCC(=O)Nc1ccc(Br)cc1C. The highest BCUT2D eigenvalue weighted by molar-refractivity contribution is 9.10. The standard InChI is InChI=1S/C12H15BrN2O2/c1-3-11(16)14-7-12(17)15-10-5-4-9(13)6-8(10)2/h4-6H,3,7H2,1-2H3,(H,14,16)(H,15,17). The molecule has 0 heterocycles. The second-order valence-electron chi connectivity index (χ2n) is 3.64. The van der Waals surface area contributed by atoms with E-state index in [-0.39, 0.29) is 18.4 Å². The molecule has 0 radical (unpaired) electrons. The molecule has 1 aromatic carbocycles. The molecule has 0 bridgehead atoms. The summed E-state index contributed by atoms with van der Waals surface area (Å²) in [5, 5.41) is 5.27. The molecule has 92 valence electrons. The van der Waals surface area contributed by atoms with E-state index in [0.29, 0.717) is 6.42 Å². The second kappa shape index (κ2) is 6.39. The first-order chi connectivity index (χ1) is 8.02. The molecule has 17 heavy (non-hydrogen) atoms. The summed E-state index contributed by atoms with van der Waals surface area (Å²) < 4.78 is 0.965. The molecule has 0 saturated heterocycles. The topological polar surface area (TPSA) is 58.2 Å². The fourth-order valence-corrected chi connectivity index (χ4v) is 1.74. The van der Waals surface area contributed by atoms with E-state index in [1.165, 1.54) is 0 Å². The third-order valence-electron chi connectivity index (χ3n) is 2.23. The van der Waals surface area contributed by atoms with Crippen molar-refractivity contribution in [3.63, 3.8) is 0 Å². The van der Waals surface area contributed by atoms with E-state index in [2.05, 4.69) is 26.6 Å². The maximum atomic E-state index is 11.5. The Kier molecular flexibility index (Phi) is 5.15. The van der Waals surface area contributed by atoms with Crippen LogP contribution in [0, 0.1) is 6.92 Å². The van der Waals surface area contributed by atoms with Crippen molar-refractivity contribution < 1.29 is 9.59 Å². The minimum absolute atomic E-state index is 0.00216. The predicted octanol–water partition coefficient (Wildman–Crippen LogP) is 2.22. The van der Waals surface area contributed by atoms with Crippen LogP contribution < -0.4 is 10.6 Å². The number of aryl methyl sites for hydroxylation is 1. The molecule has 0 aliphatic heterocycles. The van der Waals surface area contributed by atoms with Gasteiger partial charge in [0, 0.05) is 16.6 Å². The lowest BCUT2D eigenvalue weighted by Crippen LogP contribution is -2.32. The fourth-order valence-electron chi connectivity index (χ4n) is 1.27. The number of anilines is 1. The normalized spacial score (nSPS) is 9.82. The Labute approximate surface area is 109 Å². The van der Waals surface area contributed by atoms with Crippen molar-refractivity contribution in [1.82, 2.24) is 5.32 Å². The van der Waals surface area contributed by atoms with Crippen LogP contribution in [0.5, 0.6) is 0 Å². The van der Waals surface area contributed by atoms with Crippen LogP contribution in [0.15, 0.2) is 22.7 Å². The Morgan fingerprint density at radius 2 is 2.00 bits per heavy atom. The van der Waals surface area contributed by atoms with Crippen LogP contribution in [0.25, 0.3) is 0 Å². The third kappa shape index (κ3) is 4.56. The number of nitrogens with one attached hydrogen (secondary N) is 2. The van der Waals surface area contributed by atoms with Gasteiger partial charge in [-0.25, -0.2) is 0 Å². The van der Waals surface area contributed by atoms with Gasteiger partial charge in [-0.15, -0.1) is 0 Å². The zero-order valence-corrected chi connectivity index (χ0v) is 11.4. The van der Waals surface area contributed by atoms with Gasteiger partial charge in [-0.3, -0.25) is 9.59 Å². The Morgan fingerprint density at radius 3 is 2.59 bits per heavy atom. The summed E-state index contributed by atoms with van der Waals surface area (Å²) in [5.74, 6) is -0.357. The summed E-state index contributed by atoms with van der Waals surface area (Å²) in [4.78, 5) is 22.5. The van der Waals surface area contributed by atoms with Crippen molar-refractivity contribution in [2.45, 2.75) is 20.3 Å². The van der Waals surface area contributed by atoms with Gasteiger partial charge in [0.05, 0.1) is 6.54 Å². The number of carbonyl (C=O) groups excluding carboxylic acids is 2. The first-order valence-corrected chi connectivity index (χ1v) is 6.15. The smallest absolute Gasteiger partial charge is 0.243 e. The number of rotatable bonds is 4. The molecule has 0 fully saturated rings. The van der Waals surface area contributed by atoms with Crippen molar-refractivity contribution >= 4 is 33.4 Å². The summed E-state index contributed by atoms with van der Waals surface area (Å²) in [5.41, 5.74) is 1.72. The highest BCUT2D eigenvalue weighted by Crippen LogP contribution is 2.19. The summed E-state index contributed by atoms with van der Waals surface area (Å²) in [7, 11) is 0. The van der Waals surface area contributed by atoms with Gasteiger partial charge in [0.15, 0.2) is 0 Å². The summed E-state index contributed by atoms with van der Waals surface area (Å²) in [6.07, 6.45) is 0.380.